The summed E-state index contributed by atoms with van der Waals surface area (Å²) in [6, 6.07) is 12.0. The van der Waals surface area contributed by atoms with Crippen molar-refractivity contribution in [3.63, 3.8) is 0 Å². The third-order valence-corrected chi connectivity index (χ3v) is 8.63. The highest BCUT2D eigenvalue weighted by Crippen LogP contribution is 2.41. The third kappa shape index (κ3) is 7.86. The number of thiocarbonyl (C=S) groups is 3. The van der Waals surface area contributed by atoms with Crippen molar-refractivity contribution in [3.8, 4) is 34.5 Å². The second kappa shape index (κ2) is 14.5. The van der Waals surface area contributed by atoms with Gasteiger partial charge in [-0.1, -0.05) is 0 Å². The first-order chi connectivity index (χ1) is 21.3. The zero-order chi connectivity index (χ0) is 33.0. The summed E-state index contributed by atoms with van der Waals surface area (Å²) < 4.78 is 35.6. The summed E-state index contributed by atoms with van der Waals surface area (Å²) in [7, 11) is 15.9. The van der Waals surface area contributed by atoms with Crippen LogP contribution < -0.4 is 28.4 Å². The predicted molar refractivity (Wildman–Crippen MR) is 188 cm³/mol. The van der Waals surface area contributed by atoms with Crippen LogP contribution in [0.5, 0.6) is 34.5 Å². The number of rotatable bonds is 6. The van der Waals surface area contributed by atoms with Crippen LogP contribution in [-0.2, 0) is 19.3 Å². The maximum absolute atomic E-state index is 6.08. The average Bonchev–Trinajstić information content (AvgIpc) is 3.05. The fourth-order valence-electron chi connectivity index (χ4n) is 4.81. The predicted octanol–water partition coefficient (Wildman–Crippen LogP) is 5.47. The van der Waals surface area contributed by atoms with Gasteiger partial charge in [-0.15, -0.1) is 0 Å². The van der Waals surface area contributed by atoms with Gasteiger partial charge in [-0.05, 0) is 126 Å². The molecule has 0 fully saturated rings. The molecule has 0 bridgehead atoms. The molecule has 0 radical (unpaired) electrons. The first-order valence-electron chi connectivity index (χ1n) is 14.1. The molecule has 0 amide bonds. The van der Waals surface area contributed by atoms with Gasteiger partial charge in [0.1, 0.15) is 0 Å². The lowest BCUT2D eigenvalue weighted by Crippen LogP contribution is -2.25. The molecule has 0 aliphatic heterocycles. The second-order valence-electron chi connectivity index (χ2n) is 11.1. The summed E-state index contributed by atoms with van der Waals surface area (Å²) >= 11 is 16.4. The molecule has 9 nitrogen and oxygen atoms in total. The molecular formula is C33H39N3O6S3. The van der Waals surface area contributed by atoms with Crippen molar-refractivity contribution < 1.29 is 28.4 Å². The number of fused-ring (bicyclic) bond motifs is 3. The van der Waals surface area contributed by atoms with Crippen LogP contribution in [-0.4, -0.2) is 93.8 Å². The summed E-state index contributed by atoms with van der Waals surface area (Å²) in [5, 5.41) is 0.981. The standard InChI is InChI=1S/C33H39N3O6S3/c1-34(2)31(43)40-28-16-22-10-20-14-26(38-8)30(42-33(45)36(5)6)18-24(20)12-21-15-27(39-9)29(41-32(44)35(3)4)17-23(21)11-19(22)13-25(28)37-7/h13-18H,10-12H2,1-9H3. The summed E-state index contributed by atoms with van der Waals surface area (Å²) in [4.78, 5) is 5.21. The van der Waals surface area contributed by atoms with Crippen molar-refractivity contribution in [3.05, 3.63) is 69.8 Å². The fraction of sp³-hybridized carbons (Fsp3) is 0.364. The molecule has 1 aliphatic carbocycles. The summed E-state index contributed by atoms with van der Waals surface area (Å²) in [6.07, 6.45) is 1.77. The Morgan fingerprint density at radius 3 is 0.800 bits per heavy atom. The molecular weight excluding hydrogens is 631 g/mol. The normalized spacial score (nSPS) is 11.7. The molecule has 4 rings (SSSR count). The van der Waals surface area contributed by atoms with Crippen LogP contribution in [0.25, 0.3) is 0 Å². The second-order valence-corrected chi connectivity index (χ2v) is 12.2. The van der Waals surface area contributed by atoms with Gasteiger partial charge in [-0.2, -0.15) is 0 Å². The number of hydrogen-bond donors (Lipinski definition) is 0. The summed E-state index contributed by atoms with van der Waals surface area (Å²) in [5.41, 5.74) is 6.31. The molecule has 3 aromatic rings. The lowest BCUT2D eigenvalue weighted by Gasteiger charge is -2.20. The zero-order valence-corrected chi connectivity index (χ0v) is 29.6. The first-order valence-corrected chi connectivity index (χ1v) is 15.3. The van der Waals surface area contributed by atoms with Crippen molar-refractivity contribution in [2.75, 3.05) is 63.6 Å². The van der Waals surface area contributed by atoms with Gasteiger partial charge in [-0.25, -0.2) is 0 Å². The van der Waals surface area contributed by atoms with E-state index in [0.29, 0.717) is 69.3 Å². The van der Waals surface area contributed by atoms with Crippen LogP contribution in [0.1, 0.15) is 33.4 Å². The lowest BCUT2D eigenvalue weighted by molar-refractivity contribution is 0.377. The zero-order valence-electron chi connectivity index (χ0n) is 27.1. The molecule has 0 N–H and O–H groups in total. The Balaban J connectivity index is 1.96. The van der Waals surface area contributed by atoms with Crippen molar-refractivity contribution >= 4 is 52.2 Å². The van der Waals surface area contributed by atoms with Crippen molar-refractivity contribution in [1.29, 1.82) is 0 Å². The number of methoxy groups -OCH3 is 3. The quantitative estimate of drug-likeness (QED) is 0.245. The molecule has 0 atom stereocenters. The van der Waals surface area contributed by atoms with Crippen molar-refractivity contribution in [2.45, 2.75) is 19.3 Å². The Morgan fingerprint density at radius 2 is 0.622 bits per heavy atom. The molecule has 0 spiro atoms. The number of benzene rings is 3. The Morgan fingerprint density at radius 1 is 0.422 bits per heavy atom. The van der Waals surface area contributed by atoms with Gasteiger partial charge < -0.3 is 43.1 Å². The van der Waals surface area contributed by atoms with Gasteiger partial charge in [-0.3, -0.25) is 0 Å². The monoisotopic (exact) mass is 669 g/mol. The fourth-order valence-corrected chi connectivity index (χ4v) is 5.08. The molecule has 12 heteroatoms. The highest BCUT2D eigenvalue weighted by Gasteiger charge is 2.24. The van der Waals surface area contributed by atoms with Crippen molar-refractivity contribution in [2.24, 2.45) is 0 Å². The minimum Gasteiger partial charge on any atom is -0.493 e. The van der Waals surface area contributed by atoms with Crippen LogP contribution >= 0.6 is 36.7 Å². The van der Waals surface area contributed by atoms with Gasteiger partial charge in [0.2, 0.25) is 0 Å². The van der Waals surface area contributed by atoms with E-state index in [9.17, 15) is 0 Å². The largest absolute Gasteiger partial charge is 0.493 e. The molecule has 240 valence electrons. The number of hydrogen-bond acceptors (Lipinski definition) is 9. The number of ether oxygens (including phenoxy) is 6. The molecule has 1 aliphatic rings. The Hall–Kier alpha value is -3.87. The number of nitrogens with zero attached hydrogens (tertiary/aromatic N) is 3. The summed E-state index contributed by atoms with van der Waals surface area (Å²) in [5.74, 6) is 3.35. The highest BCUT2D eigenvalue weighted by atomic mass is 32.1. The van der Waals surface area contributed by atoms with E-state index in [-0.39, 0.29) is 0 Å². The third-order valence-electron chi connectivity index (χ3n) is 7.29. The molecule has 0 aromatic heterocycles. The van der Waals surface area contributed by atoms with Gasteiger partial charge in [0.15, 0.2) is 34.5 Å². The molecule has 0 unspecified atom stereocenters. The molecule has 3 aromatic carbocycles. The van der Waals surface area contributed by atoms with E-state index in [1.807, 2.05) is 78.7 Å². The Kier molecular flexibility index (Phi) is 10.9. The van der Waals surface area contributed by atoms with E-state index >= 15 is 0 Å². The first kappa shape index (κ1) is 34.0. The van der Waals surface area contributed by atoms with Crippen LogP contribution in [0, 0.1) is 0 Å². The Bertz CT molecular complexity index is 1430. The highest BCUT2D eigenvalue weighted by molar-refractivity contribution is 7.80. The van der Waals surface area contributed by atoms with E-state index in [4.69, 9.17) is 65.1 Å². The smallest absolute Gasteiger partial charge is 0.264 e. The van der Waals surface area contributed by atoms with Gasteiger partial charge >= 0.3 is 0 Å². The van der Waals surface area contributed by atoms with Crippen LogP contribution in [0.4, 0.5) is 0 Å². The van der Waals surface area contributed by atoms with E-state index in [2.05, 4.69) is 0 Å². The van der Waals surface area contributed by atoms with E-state index < -0.39 is 0 Å². The topological polar surface area (TPSA) is 65.1 Å². The SMILES string of the molecule is COc1cc2c(cc1OC(=S)N(C)C)Cc1cc(OC)c(OC(=S)N(C)C)cc1Cc1cc(OC)c(OC(=S)N(C)C)cc1C2. The molecule has 45 heavy (non-hydrogen) atoms. The average molecular weight is 670 g/mol. The summed E-state index contributed by atoms with van der Waals surface area (Å²) in [6.45, 7) is 0. The lowest BCUT2D eigenvalue weighted by atomic mass is 9.94. The molecule has 0 saturated heterocycles. The van der Waals surface area contributed by atoms with Gasteiger partial charge in [0, 0.05) is 42.3 Å². The van der Waals surface area contributed by atoms with Crippen LogP contribution in [0.3, 0.4) is 0 Å². The van der Waals surface area contributed by atoms with Gasteiger partial charge in [0.25, 0.3) is 15.5 Å². The van der Waals surface area contributed by atoms with Crippen molar-refractivity contribution in [1.82, 2.24) is 14.7 Å². The molecule has 0 saturated carbocycles. The minimum absolute atomic E-state index is 0.327. The Labute approximate surface area is 281 Å². The molecule has 0 heterocycles. The maximum Gasteiger partial charge on any atom is 0.264 e. The van der Waals surface area contributed by atoms with E-state index in [1.165, 1.54) is 0 Å². The van der Waals surface area contributed by atoms with E-state index in [0.717, 1.165) is 33.4 Å². The van der Waals surface area contributed by atoms with Crippen LogP contribution in [0.15, 0.2) is 36.4 Å². The maximum atomic E-state index is 6.08. The van der Waals surface area contributed by atoms with Gasteiger partial charge in [0.05, 0.1) is 21.3 Å². The van der Waals surface area contributed by atoms with E-state index in [1.54, 1.807) is 36.0 Å². The minimum atomic E-state index is 0.327. The van der Waals surface area contributed by atoms with Crippen LogP contribution in [0.2, 0.25) is 0 Å².